The Kier molecular flexibility index (Phi) is 3.23. The predicted molar refractivity (Wildman–Crippen MR) is 75.2 cm³/mol. The molecule has 1 aromatic rings. The Balaban J connectivity index is 1.84. The number of carbonyl (C=O) groups is 1. The lowest BCUT2D eigenvalue weighted by molar-refractivity contribution is -0.155. The molecule has 0 bridgehead atoms. The number of hydrogen-bond acceptors (Lipinski definition) is 3. The molecule has 3 atom stereocenters. The number of nitriles is 1. The highest BCUT2D eigenvalue weighted by atomic mass is 16.1. The maximum absolute atomic E-state index is 11.9. The zero-order valence-corrected chi connectivity index (χ0v) is 11.5. The zero-order chi connectivity index (χ0) is 14.2. The molecule has 1 heterocycles. The number of carbonyl (C=O) groups excluding carboxylic acids is 1. The van der Waals surface area contributed by atoms with Crippen molar-refractivity contribution in [2.45, 2.75) is 31.8 Å². The Morgan fingerprint density at radius 2 is 2.20 bits per heavy atom. The Morgan fingerprint density at radius 3 is 2.85 bits per heavy atom. The Labute approximate surface area is 119 Å². The van der Waals surface area contributed by atoms with Crippen LogP contribution < -0.4 is 5.73 Å². The molecule has 2 N–H and O–H groups in total. The molecule has 1 aromatic carbocycles. The van der Waals surface area contributed by atoms with Crippen LogP contribution in [0.5, 0.6) is 0 Å². The van der Waals surface area contributed by atoms with Gasteiger partial charge in [0.1, 0.15) is 0 Å². The molecule has 1 saturated carbocycles. The standard InChI is InChI=1S/C16H19N3O/c17-10-13-9-16(15(18)20)7-4-8-19(14(13)16)11-12-5-2-1-3-6-12/h1-3,5-6,13-14H,4,7-9,11H2,(H2,18,20)/t13-,14+,16+/m1/s1. The number of likely N-dealkylation sites (tertiary alicyclic amines) is 1. The van der Waals surface area contributed by atoms with Crippen molar-refractivity contribution in [3.05, 3.63) is 35.9 Å². The van der Waals surface area contributed by atoms with Gasteiger partial charge >= 0.3 is 0 Å². The van der Waals surface area contributed by atoms with Crippen molar-refractivity contribution in [3.63, 3.8) is 0 Å². The van der Waals surface area contributed by atoms with Crippen LogP contribution in [0.2, 0.25) is 0 Å². The summed E-state index contributed by atoms with van der Waals surface area (Å²) in [5.41, 5.74) is 6.39. The summed E-state index contributed by atoms with van der Waals surface area (Å²) in [7, 11) is 0. The molecule has 1 amide bonds. The maximum atomic E-state index is 11.9. The van der Waals surface area contributed by atoms with E-state index in [1.54, 1.807) is 0 Å². The molecule has 0 spiro atoms. The summed E-state index contributed by atoms with van der Waals surface area (Å²) in [6.07, 6.45) is 2.44. The second-order valence-corrected chi connectivity index (χ2v) is 5.96. The molecule has 2 fully saturated rings. The first-order valence-electron chi connectivity index (χ1n) is 7.15. The van der Waals surface area contributed by atoms with Gasteiger partial charge in [-0.2, -0.15) is 5.26 Å². The molecule has 1 aliphatic heterocycles. The van der Waals surface area contributed by atoms with E-state index in [9.17, 15) is 10.1 Å². The summed E-state index contributed by atoms with van der Waals surface area (Å²) in [5, 5.41) is 9.28. The van der Waals surface area contributed by atoms with Crippen LogP contribution in [0.4, 0.5) is 0 Å². The van der Waals surface area contributed by atoms with Crippen LogP contribution in [0.1, 0.15) is 24.8 Å². The third-order valence-corrected chi connectivity index (χ3v) is 4.88. The molecule has 20 heavy (non-hydrogen) atoms. The molecule has 0 radical (unpaired) electrons. The minimum atomic E-state index is -0.465. The number of piperidine rings is 1. The van der Waals surface area contributed by atoms with Crippen LogP contribution >= 0.6 is 0 Å². The van der Waals surface area contributed by atoms with E-state index in [4.69, 9.17) is 5.73 Å². The first-order valence-corrected chi connectivity index (χ1v) is 7.15. The summed E-state index contributed by atoms with van der Waals surface area (Å²) >= 11 is 0. The van der Waals surface area contributed by atoms with Gasteiger partial charge in [0.15, 0.2) is 0 Å². The minimum absolute atomic E-state index is 0.000967. The van der Waals surface area contributed by atoms with Crippen molar-refractivity contribution in [2.24, 2.45) is 17.1 Å². The van der Waals surface area contributed by atoms with Crippen LogP contribution in [0.15, 0.2) is 30.3 Å². The molecule has 1 saturated heterocycles. The van der Waals surface area contributed by atoms with Gasteiger partial charge in [-0.05, 0) is 31.4 Å². The maximum Gasteiger partial charge on any atom is 0.225 e. The first kappa shape index (κ1) is 13.1. The molecule has 104 valence electrons. The Bertz CT molecular complexity index is 551. The summed E-state index contributed by atoms with van der Waals surface area (Å²) in [5.74, 6) is -0.293. The van der Waals surface area contributed by atoms with E-state index in [-0.39, 0.29) is 17.9 Å². The normalized spacial score (nSPS) is 32.8. The van der Waals surface area contributed by atoms with E-state index in [0.717, 1.165) is 25.9 Å². The van der Waals surface area contributed by atoms with E-state index in [2.05, 4.69) is 23.1 Å². The van der Waals surface area contributed by atoms with E-state index < -0.39 is 5.41 Å². The van der Waals surface area contributed by atoms with Crippen molar-refractivity contribution < 1.29 is 4.79 Å². The number of nitrogens with zero attached hydrogens (tertiary/aromatic N) is 2. The van der Waals surface area contributed by atoms with Gasteiger partial charge in [0, 0.05) is 12.6 Å². The van der Waals surface area contributed by atoms with Crippen LogP contribution in [-0.4, -0.2) is 23.4 Å². The lowest BCUT2D eigenvalue weighted by Crippen LogP contribution is -2.68. The highest BCUT2D eigenvalue weighted by Gasteiger charge is 2.61. The van der Waals surface area contributed by atoms with Crippen LogP contribution in [0, 0.1) is 22.7 Å². The second-order valence-electron chi connectivity index (χ2n) is 5.96. The van der Waals surface area contributed by atoms with Crippen molar-refractivity contribution in [1.29, 1.82) is 5.26 Å². The quantitative estimate of drug-likeness (QED) is 0.907. The summed E-state index contributed by atoms with van der Waals surface area (Å²) < 4.78 is 0. The fourth-order valence-corrected chi connectivity index (χ4v) is 3.92. The fourth-order valence-electron chi connectivity index (χ4n) is 3.92. The molecule has 4 heteroatoms. The molecule has 0 unspecified atom stereocenters. The number of nitrogens with two attached hydrogens (primary N) is 1. The Morgan fingerprint density at radius 1 is 1.45 bits per heavy atom. The number of fused-ring (bicyclic) bond motifs is 1. The van der Waals surface area contributed by atoms with Gasteiger partial charge in [0.25, 0.3) is 0 Å². The van der Waals surface area contributed by atoms with Gasteiger partial charge in [-0.3, -0.25) is 9.69 Å². The largest absolute Gasteiger partial charge is 0.369 e. The monoisotopic (exact) mass is 269 g/mol. The molecule has 2 aliphatic rings. The predicted octanol–water partition coefficient (Wildman–Crippen LogP) is 1.67. The average molecular weight is 269 g/mol. The lowest BCUT2D eigenvalue weighted by atomic mass is 9.53. The second kappa shape index (κ2) is 4.92. The summed E-state index contributed by atoms with van der Waals surface area (Å²) in [4.78, 5) is 14.2. The Hall–Kier alpha value is -1.86. The van der Waals surface area contributed by atoms with Crippen LogP contribution in [-0.2, 0) is 11.3 Å². The number of amides is 1. The summed E-state index contributed by atoms with van der Waals surface area (Å²) in [6, 6.07) is 12.5. The number of benzene rings is 1. The van der Waals surface area contributed by atoms with Gasteiger partial charge in [-0.15, -0.1) is 0 Å². The zero-order valence-electron chi connectivity index (χ0n) is 11.5. The number of primary amides is 1. The number of rotatable bonds is 3. The topological polar surface area (TPSA) is 70.1 Å². The first-order chi connectivity index (χ1) is 9.67. The van der Waals surface area contributed by atoms with Crippen LogP contribution in [0.25, 0.3) is 0 Å². The van der Waals surface area contributed by atoms with Crippen molar-refractivity contribution >= 4 is 5.91 Å². The molecule has 0 aromatic heterocycles. The van der Waals surface area contributed by atoms with E-state index >= 15 is 0 Å². The highest BCUT2D eigenvalue weighted by molar-refractivity contribution is 5.83. The lowest BCUT2D eigenvalue weighted by Gasteiger charge is -2.58. The molecule has 3 rings (SSSR count). The van der Waals surface area contributed by atoms with Crippen molar-refractivity contribution in [3.8, 4) is 6.07 Å². The van der Waals surface area contributed by atoms with Crippen molar-refractivity contribution in [1.82, 2.24) is 4.90 Å². The molecule has 1 aliphatic carbocycles. The third kappa shape index (κ3) is 1.90. The fraction of sp³-hybridized carbons (Fsp3) is 0.500. The minimum Gasteiger partial charge on any atom is -0.369 e. The smallest absolute Gasteiger partial charge is 0.225 e. The van der Waals surface area contributed by atoms with Gasteiger partial charge in [-0.1, -0.05) is 30.3 Å². The SMILES string of the molecule is N#C[C@H]1C[C@@]2(C(N)=O)CCCN(Cc3ccccc3)[C@@H]12. The van der Waals surface area contributed by atoms with Gasteiger partial charge in [0.2, 0.25) is 5.91 Å². The average Bonchev–Trinajstić information content (AvgIpc) is 2.41. The van der Waals surface area contributed by atoms with Gasteiger partial charge < -0.3 is 5.73 Å². The molecule has 4 nitrogen and oxygen atoms in total. The molecular formula is C16H19N3O. The van der Waals surface area contributed by atoms with E-state index in [1.807, 2.05) is 18.2 Å². The third-order valence-electron chi connectivity index (χ3n) is 4.88. The van der Waals surface area contributed by atoms with Gasteiger partial charge in [-0.25, -0.2) is 0 Å². The summed E-state index contributed by atoms with van der Waals surface area (Å²) in [6.45, 7) is 1.73. The van der Waals surface area contributed by atoms with Crippen LogP contribution in [0.3, 0.4) is 0 Å². The van der Waals surface area contributed by atoms with E-state index in [0.29, 0.717) is 6.42 Å². The number of hydrogen-bond donors (Lipinski definition) is 1. The van der Waals surface area contributed by atoms with Gasteiger partial charge in [0.05, 0.1) is 17.4 Å². The van der Waals surface area contributed by atoms with Crippen molar-refractivity contribution in [2.75, 3.05) is 6.54 Å². The molecular weight excluding hydrogens is 250 g/mol. The van der Waals surface area contributed by atoms with E-state index in [1.165, 1.54) is 5.56 Å². The highest BCUT2D eigenvalue weighted by Crippen LogP contribution is 2.54.